The van der Waals surface area contributed by atoms with Gasteiger partial charge >= 0.3 is 17.9 Å². The van der Waals surface area contributed by atoms with E-state index in [1.807, 2.05) is 0 Å². The molecule has 0 aromatic carbocycles. The Hall–Kier alpha value is -4.45. The van der Waals surface area contributed by atoms with Gasteiger partial charge in [-0.3, -0.25) is 14.4 Å². The van der Waals surface area contributed by atoms with E-state index in [2.05, 4.69) is 154 Å². The summed E-state index contributed by atoms with van der Waals surface area (Å²) in [4.78, 5) is 38.3. The smallest absolute Gasteiger partial charge is 0.306 e. The van der Waals surface area contributed by atoms with Crippen molar-refractivity contribution < 1.29 is 28.6 Å². The molecule has 454 valence electrons. The van der Waals surface area contributed by atoms with E-state index in [0.29, 0.717) is 19.3 Å². The van der Waals surface area contributed by atoms with Crippen LogP contribution < -0.4 is 0 Å². The van der Waals surface area contributed by atoms with Crippen molar-refractivity contribution in [2.75, 3.05) is 13.2 Å². The molecule has 0 spiro atoms. The molecule has 0 rings (SSSR count). The van der Waals surface area contributed by atoms with Gasteiger partial charge in [-0.2, -0.15) is 0 Å². The number of unbranched alkanes of at least 4 members (excludes halogenated alkanes) is 26. The minimum Gasteiger partial charge on any atom is -0.462 e. The summed E-state index contributed by atoms with van der Waals surface area (Å²) in [5.41, 5.74) is 0. The van der Waals surface area contributed by atoms with E-state index in [-0.39, 0.29) is 31.1 Å². The number of allylic oxidation sites excluding steroid dienone is 22. The lowest BCUT2D eigenvalue weighted by molar-refractivity contribution is -0.167. The SMILES string of the molecule is CC/C=C\C/C=C\C/C=C\C/C=C\C/C=C\C/C=C\CCCCCCCCCCCCC(=O)OCC(COC(=O)CCCCCCCCCCCC)OC(=O)CCCCCCCCC/C=C\C/C=C\C/C=C\C/C=C\C/C=C\CC. The van der Waals surface area contributed by atoms with E-state index >= 15 is 0 Å². The van der Waals surface area contributed by atoms with Gasteiger partial charge in [-0.1, -0.05) is 296 Å². The lowest BCUT2D eigenvalue weighted by Gasteiger charge is -2.18. The Morgan fingerprint density at radius 2 is 0.487 bits per heavy atom. The van der Waals surface area contributed by atoms with Crippen LogP contribution in [0.5, 0.6) is 0 Å². The maximum absolute atomic E-state index is 12.9. The lowest BCUT2D eigenvalue weighted by Crippen LogP contribution is -2.30. The molecule has 0 heterocycles. The second-order valence-electron chi connectivity index (χ2n) is 21.6. The molecule has 0 radical (unpaired) electrons. The summed E-state index contributed by atoms with van der Waals surface area (Å²) in [6, 6.07) is 0. The molecule has 0 aromatic rings. The number of carbonyl (C=O) groups is 3. The largest absolute Gasteiger partial charge is 0.462 e. The van der Waals surface area contributed by atoms with Gasteiger partial charge in [0, 0.05) is 19.3 Å². The lowest BCUT2D eigenvalue weighted by atomic mass is 10.1. The van der Waals surface area contributed by atoms with Gasteiger partial charge in [-0.05, 0) is 116 Å². The first-order chi connectivity index (χ1) is 39.5. The average molecular weight is 1110 g/mol. The molecule has 0 aliphatic rings. The highest BCUT2D eigenvalue weighted by Gasteiger charge is 2.19. The number of carbonyl (C=O) groups excluding carboxylic acids is 3. The third kappa shape index (κ3) is 64.4. The van der Waals surface area contributed by atoms with Gasteiger partial charge in [0.1, 0.15) is 13.2 Å². The Morgan fingerprint density at radius 1 is 0.263 bits per heavy atom. The molecule has 0 aliphatic carbocycles. The molecule has 80 heavy (non-hydrogen) atoms. The molecule has 1 unspecified atom stereocenters. The van der Waals surface area contributed by atoms with E-state index in [0.717, 1.165) is 135 Å². The van der Waals surface area contributed by atoms with E-state index in [1.54, 1.807) is 0 Å². The first kappa shape index (κ1) is 75.5. The molecular formula is C74H122O6. The van der Waals surface area contributed by atoms with Crippen LogP contribution >= 0.6 is 0 Å². The quantitative estimate of drug-likeness (QED) is 0.0261. The van der Waals surface area contributed by atoms with Crippen molar-refractivity contribution in [3.8, 4) is 0 Å². The molecule has 0 N–H and O–H groups in total. The van der Waals surface area contributed by atoms with Crippen LogP contribution in [0.1, 0.15) is 297 Å². The number of rotatable bonds is 59. The monoisotopic (exact) mass is 1110 g/mol. The fraction of sp³-hybridized carbons (Fsp3) is 0.662. The third-order valence-corrected chi connectivity index (χ3v) is 13.9. The summed E-state index contributed by atoms with van der Waals surface area (Å²) in [5.74, 6) is -0.897. The van der Waals surface area contributed by atoms with Crippen LogP contribution in [0, 0.1) is 0 Å². The number of ether oxygens (including phenoxy) is 3. The highest BCUT2D eigenvalue weighted by Crippen LogP contribution is 2.16. The van der Waals surface area contributed by atoms with Crippen LogP contribution in [0.2, 0.25) is 0 Å². The van der Waals surface area contributed by atoms with Crippen molar-refractivity contribution >= 4 is 17.9 Å². The minimum atomic E-state index is -0.789. The molecule has 0 aromatic heterocycles. The number of hydrogen-bond acceptors (Lipinski definition) is 6. The van der Waals surface area contributed by atoms with Crippen LogP contribution in [0.25, 0.3) is 0 Å². The van der Waals surface area contributed by atoms with E-state index in [4.69, 9.17) is 14.2 Å². The molecule has 6 nitrogen and oxygen atoms in total. The van der Waals surface area contributed by atoms with E-state index in [9.17, 15) is 14.4 Å². The van der Waals surface area contributed by atoms with Gasteiger partial charge in [0.05, 0.1) is 0 Å². The van der Waals surface area contributed by atoms with E-state index in [1.165, 1.54) is 122 Å². The minimum absolute atomic E-state index is 0.0846. The summed E-state index contributed by atoms with van der Waals surface area (Å²) in [5, 5.41) is 0. The van der Waals surface area contributed by atoms with Crippen molar-refractivity contribution in [3.63, 3.8) is 0 Å². The summed E-state index contributed by atoms with van der Waals surface area (Å²) in [6.07, 6.45) is 94.6. The molecule has 0 saturated heterocycles. The van der Waals surface area contributed by atoms with Gasteiger partial charge in [-0.25, -0.2) is 0 Å². The van der Waals surface area contributed by atoms with Crippen molar-refractivity contribution in [1.82, 2.24) is 0 Å². The zero-order valence-electron chi connectivity index (χ0n) is 52.0. The first-order valence-corrected chi connectivity index (χ1v) is 33.2. The summed E-state index contributed by atoms with van der Waals surface area (Å²) >= 11 is 0. The van der Waals surface area contributed by atoms with Crippen LogP contribution in [0.4, 0.5) is 0 Å². The first-order valence-electron chi connectivity index (χ1n) is 33.2. The molecule has 0 bridgehead atoms. The van der Waals surface area contributed by atoms with Gasteiger partial charge < -0.3 is 14.2 Å². The van der Waals surface area contributed by atoms with Gasteiger partial charge in [0.25, 0.3) is 0 Å². The Kier molecular flexibility index (Phi) is 63.3. The maximum atomic E-state index is 12.9. The topological polar surface area (TPSA) is 78.9 Å². The van der Waals surface area contributed by atoms with Crippen molar-refractivity contribution in [1.29, 1.82) is 0 Å². The second-order valence-corrected chi connectivity index (χ2v) is 21.6. The number of hydrogen-bond donors (Lipinski definition) is 0. The van der Waals surface area contributed by atoms with Crippen LogP contribution in [0.3, 0.4) is 0 Å². The Labute approximate surface area is 494 Å². The standard InChI is InChI=1S/C74H122O6/c1-4-7-10-13-16-19-22-24-26-28-30-32-34-35-36-37-38-39-41-42-44-46-48-50-52-55-58-61-64-67-73(76)79-70-71(69-78-72(75)66-63-60-57-54-21-18-15-12-9-6-3)80-74(77)68-65-62-59-56-53-51-49-47-45-43-40-33-31-29-27-25-23-20-17-14-11-8-5-2/h7-8,10-11,16-17,19-20,24-27,30-33,35-36,38-39,43,45,71H,4-6,9,12-15,18,21-23,28-29,34,37,40-42,44,46-70H2,1-3H3/b10-7-,11-8-,19-16-,20-17-,26-24-,27-25-,32-30-,33-31-,36-35-,39-38-,45-43-. The van der Waals surface area contributed by atoms with Gasteiger partial charge in [-0.15, -0.1) is 0 Å². The molecule has 0 fully saturated rings. The Balaban J connectivity index is 4.28. The highest BCUT2D eigenvalue weighted by atomic mass is 16.6. The Bertz CT molecular complexity index is 1700. The average Bonchev–Trinajstić information content (AvgIpc) is 3.46. The maximum Gasteiger partial charge on any atom is 0.306 e. The third-order valence-electron chi connectivity index (χ3n) is 13.9. The summed E-state index contributed by atoms with van der Waals surface area (Å²) in [7, 11) is 0. The van der Waals surface area contributed by atoms with Gasteiger partial charge in [0.2, 0.25) is 0 Å². The van der Waals surface area contributed by atoms with Crippen molar-refractivity contribution in [2.45, 2.75) is 303 Å². The van der Waals surface area contributed by atoms with E-state index < -0.39 is 6.10 Å². The van der Waals surface area contributed by atoms with Gasteiger partial charge in [0.15, 0.2) is 6.10 Å². The van der Waals surface area contributed by atoms with Crippen molar-refractivity contribution in [2.24, 2.45) is 0 Å². The molecule has 6 heteroatoms. The second kappa shape index (κ2) is 67.1. The number of esters is 3. The zero-order valence-corrected chi connectivity index (χ0v) is 52.0. The molecule has 0 aliphatic heterocycles. The van der Waals surface area contributed by atoms with Crippen LogP contribution in [-0.4, -0.2) is 37.2 Å². The predicted octanol–water partition coefficient (Wildman–Crippen LogP) is 22.9. The predicted molar refractivity (Wildman–Crippen MR) is 348 cm³/mol. The fourth-order valence-electron chi connectivity index (χ4n) is 9.00. The normalized spacial score (nSPS) is 13.0. The Morgan fingerprint density at radius 3 is 0.762 bits per heavy atom. The highest BCUT2D eigenvalue weighted by molar-refractivity contribution is 5.71. The van der Waals surface area contributed by atoms with Crippen LogP contribution in [-0.2, 0) is 28.6 Å². The van der Waals surface area contributed by atoms with Crippen molar-refractivity contribution in [3.05, 3.63) is 134 Å². The van der Waals surface area contributed by atoms with Crippen LogP contribution in [0.15, 0.2) is 134 Å². The molecule has 0 saturated carbocycles. The molecule has 0 amide bonds. The molecule has 1 atom stereocenters. The molecular weight excluding hydrogens is 985 g/mol. The summed E-state index contributed by atoms with van der Waals surface area (Å²) < 4.78 is 16.9. The fourth-order valence-corrected chi connectivity index (χ4v) is 9.00. The summed E-state index contributed by atoms with van der Waals surface area (Å²) in [6.45, 7) is 6.40. The zero-order chi connectivity index (χ0) is 57.8.